The monoisotopic (exact) mass is 201 g/mol. The summed E-state index contributed by atoms with van der Waals surface area (Å²) in [6.45, 7) is 6.44. The molecule has 0 aromatic carbocycles. The summed E-state index contributed by atoms with van der Waals surface area (Å²) in [5, 5.41) is 12.3. The molecule has 0 aromatic rings. The van der Waals surface area contributed by atoms with Crippen molar-refractivity contribution in [3.05, 3.63) is 0 Å². The Hall–Kier alpha value is -0.610. The molecule has 82 valence electrons. The number of carboxylic acid groups (broad SMARTS) is 1. The van der Waals surface area contributed by atoms with Gasteiger partial charge < -0.3 is 15.2 Å². The van der Waals surface area contributed by atoms with Gasteiger partial charge in [0.25, 0.3) is 0 Å². The second-order valence-electron chi connectivity index (χ2n) is 4.08. The summed E-state index contributed by atoms with van der Waals surface area (Å²) in [6.07, 6.45) is 1.10. The van der Waals surface area contributed by atoms with Crippen molar-refractivity contribution in [2.75, 3.05) is 6.54 Å². The van der Waals surface area contributed by atoms with Crippen LogP contribution >= 0.6 is 0 Å². The fourth-order valence-electron chi connectivity index (χ4n) is 2.29. The highest BCUT2D eigenvalue weighted by Gasteiger charge is 2.44. The minimum atomic E-state index is -0.786. The minimum absolute atomic E-state index is 0.00824. The average Bonchev–Trinajstić information content (AvgIpc) is 2.02. The third-order valence-electron chi connectivity index (χ3n) is 2.66. The van der Waals surface area contributed by atoms with Gasteiger partial charge in [-0.3, -0.25) is 4.79 Å². The molecular formula is C10H19NO3. The number of likely N-dealkylation sites (N-methyl/N-ethyl adjacent to an activating group) is 1. The molecule has 2 unspecified atom stereocenters. The van der Waals surface area contributed by atoms with Crippen molar-refractivity contribution in [3.8, 4) is 0 Å². The van der Waals surface area contributed by atoms with E-state index >= 15 is 0 Å². The van der Waals surface area contributed by atoms with Crippen LogP contribution in [0.1, 0.15) is 33.6 Å². The van der Waals surface area contributed by atoms with Crippen LogP contribution in [0.5, 0.6) is 0 Å². The first-order valence-electron chi connectivity index (χ1n) is 5.14. The lowest BCUT2D eigenvalue weighted by atomic mass is 9.84. The van der Waals surface area contributed by atoms with E-state index in [0.717, 1.165) is 0 Å². The second kappa shape index (κ2) is 4.28. The van der Waals surface area contributed by atoms with Crippen LogP contribution in [0.15, 0.2) is 0 Å². The van der Waals surface area contributed by atoms with Crippen molar-refractivity contribution in [2.24, 2.45) is 0 Å². The van der Waals surface area contributed by atoms with Gasteiger partial charge >= 0.3 is 5.97 Å². The summed E-state index contributed by atoms with van der Waals surface area (Å²) in [6, 6.07) is 0. The lowest BCUT2D eigenvalue weighted by Crippen LogP contribution is -2.58. The van der Waals surface area contributed by atoms with Crippen LogP contribution in [0.25, 0.3) is 0 Å². The lowest BCUT2D eigenvalue weighted by Gasteiger charge is -2.40. The maximum atomic E-state index is 11.2. The van der Waals surface area contributed by atoms with E-state index in [1.165, 1.54) is 0 Å². The highest BCUT2D eigenvalue weighted by atomic mass is 16.5. The molecule has 2 atom stereocenters. The van der Waals surface area contributed by atoms with E-state index in [1.807, 2.05) is 20.8 Å². The summed E-state index contributed by atoms with van der Waals surface area (Å²) >= 11 is 0. The van der Waals surface area contributed by atoms with Crippen LogP contribution in [-0.4, -0.2) is 35.4 Å². The molecule has 1 aliphatic heterocycles. The number of hydrogen-bond donors (Lipinski definition) is 2. The Kier molecular flexibility index (Phi) is 3.50. The van der Waals surface area contributed by atoms with Gasteiger partial charge in [-0.05, 0) is 20.4 Å². The number of nitrogens with one attached hydrogen (secondary N) is 1. The lowest BCUT2D eigenvalue weighted by molar-refractivity contribution is -0.155. The molecule has 0 aliphatic carbocycles. The molecule has 0 bridgehead atoms. The second-order valence-corrected chi connectivity index (χ2v) is 4.08. The van der Waals surface area contributed by atoms with Gasteiger partial charge in [-0.1, -0.05) is 6.92 Å². The van der Waals surface area contributed by atoms with Gasteiger partial charge in [-0.15, -0.1) is 0 Å². The van der Waals surface area contributed by atoms with Crippen molar-refractivity contribution in [1.29, 1.82) is 0 Å². The average molecular weight is 201 g/mol. The van der Waals surface area contributed by atoms with E-state index in [9.17, 15) is 9.90 Å². The van der Waals surface area contributed by atoms with Gasteiger partial charge in [0.15, 0.2) is 0 Å². The number of aliphatic carboxylic acids is 1. The molecule has 1 aliphatic rings. The Morgan fingerprint density at radius 1 is 1.50 bits per heavy atom. The van der Waals surface area contributed by atoms with Crippen molar-refractivity contribution in [3.63, 3.8) is 0 Å². The summed E-state index contributed by atoms with van der Waals surface area (Å²) in [7, 11) is 0. The molecule has 0 aromatic heterocycles. The third kappa shape index (κ3) is 2.25. The number of hydrogen-bond acceptors (Lipinski definition) is 3. The first-order valence-corrected chi connectivity index (χ1v) is 5.14. The third-order valence-corrected chi connectivity index (χ3v) is 2.66. The topological polar surface area (TPSA) is 58.6 Å². The molecule has 14 heavy (non-hydrogen) atoms. The van der Waals surface area contributed by atoms with Crippen LogP contribution in [0.3, 0.4) is 0 Å². The van der Waals surface area contributed by atoms with E-state index in [4.69, 9.17) is 4.74 Å². The standard InChI is InChI=1S/C10H19NO3/c1-4-11-10(9(12)13)5-7(2)14-8(3)6-10/h7-8,11H,4-6H2,1-3H3,(H,12,13). The van der Waals surface area contributed by atoms with Crippen molar-refractivity contribution < 1.29 is 14.6 Å². The Labute approximate surface area is 84.6 Å². The maximum absolute atomic E-state index is 11.2. The van der Waals surface area contributed by atoms with E-state index in [-0.39, 0.29) is 12.2 Å². The zero-order valence-electron chi connectivity index (χ0n) is 9.04. The van der Waals surface area contributed by atoms with E-state index in [1.54, 1.807) is 0 Å². The fourth-order valence-corrected chi connectivity index (χ4v) is 2.29. The van der Waals surface area contributed by atoms with Crippen LogP contribution < -0.4 is 5.32 Å². The quantitative estimate of drug-likeness (QED) is 0.715. The molecule has 4 nitrogen and oxygen atoms in total. The summed E-state index contributed by atoms with van der Waals surface area (Å²) in [5.74, 6) is -0.763. The molecule has 2 N–H and O–H groups in total. The Morgan fingerprint density at radius 3 is 2.36 bits per heavy atom. The van der Waals surface area contributed by atoms with Gasteiger partial charge in [0, 0.05) is 12.8 Å². The largest absolute Gasteiger partial charge is 0.480 e. The molecule has 1 fully saturated rings. The zero-order chi connectivity index (χ0) is 10.8. The summed E-state index contributed by atoms with van der Waals surface area (Å²) in [4.78, 5) is 11.2. The summed E-state index contributed by atoms with van der Waals surface area (Å²) < 4.78 is 5.53. The van der Waals surface area contributed by atoms with Crippen LogP contribution in [0, 0.1) is 0 Å². The molecule has 0 radical (unpaired) electrons. The molecule has 4 heteroatoms. The highest BCUT2D eigenvalue weighted by molar-refractivity contribution is 5.79. The SMILES string of the molecule is CCNC1(C(=O)O)CC(C)OC(C)C1. The van der Waals surface area contributed by atoms with Crippen LogP contribution in [0.2, 0.25) is 0 Å². The summed E-state index contributed by atoms with van der Waals surface area (Å²) in [5.41, 5.74) is -0.786. The Morgan fingerprint density at radius 2 is 2.00 bits per heavy atom. The molecule has 0 saturated carbocycles. The normalized spacial score (nSPS) is 38.2. The van der Waals surface area contributed by atoms with E-state index in [2.05, 4.69) is 5.32 Å². The van der Waals surface area contributed by atoms with Gasteiger partial charge in [-0.2, -0.15) is 0 Å². The molecule has 0 spiro atoms. The Bertz CT molecular complexity index is 207. The number of ether oxygens (including phenoxy) is 1. The first kappa shape index (κ1) is 11.5. The van der Waals surface area contributed by atoms with Crippen molar-refractivity contribution >= 4 is 5.97 Å². The van der Waals surface area contributed by atoms with Crippen molar-refractivity contribution in [1.82, 2.24) is 5.32 Å². The molecular weight excluding hydrogens is 182 g/mol. The van der Waals surface area contributed by atoms with Crippen LogP contribution in [0.4, 0.5) is 0 Å². The fraction of sp³-hybridized carbons (Fsp3) is 0.900. The van der Waals surface area contributed by atoms with E-state index in [0.29, 0.717) is 19.4 Å². The minimum Gasteiger partial charge on any atom is -0.480 e. The smallest absolute Gasteiger partial charge is 0.324 e. The predicted molar refractivity (Wildman–Crippen MR) is 53.3 cm³/mol. The maximum Gasteiger partial charge on any atom is 0.324 e. The molecule has 1 saturated heterocycles. The highest BCUT2D eigenvalue weighted by Crippen LogP contribution is 2.28. The van der Waals surface area contributed by atoms with E-state index < -0.39 is 11.5 Å². The van der Waals surface area contributed by atoms with Crippen LogP contribution in [-0.2, 0) is 9.53 Å². The van der Waals surface area contributed by atoms with Crippen molar-refractivity contribution in [2.45, 2.75) is 51.4 Å². The van der Waals surface area contributed by atoms with Gasteiger partial charge in [0.1, 0.15) is 5.54 Å². The zero-order valence-corrected chi connectivity index (χ0v) is 9.04. The number of carbonyl (C=O) groups is 1. The molecule has 0 amide bonds. The number of carboxylic acids is 1. The number of rotatable bonds is 3. The van der Waals surface area contributed by atoms with Gasteiger partial charge in [0.2, 0.25) is 0 Å². The van der Waals surface area contributed by atoms with Gasteiger partial charge in [0.05, 0.1) is 12.2 Å². The molecule has 1 heterocycles. The first-order chi connectivity index (χ1) is 6.50. The predicted octanol–water partition coefficient (Wildman–Crippen LogP) is 1.01. The van der Waals surface area contributed by atoms with Gasteiger partial charge in [-0.25, -0.2) is 0 Å². The Balaban J connectivity index is 2.79. The molecule has 1 rings (SSSR count).